The first kappa shape index (κ1) is 16.3. The molecule has 1 aliphatic heterocycles. The Morgan fingerprint density at radius 3 is 2.33 bits per heavy atom. The number of benzene rings is 1. The van der Waals surface area contributed by atoms with Crippen LogP contribution in [0.4, 0.5) is 0 Å². The van der Waals surface area contributed by atoms with E-state index in [0.29, 0.717) is 6.42 Å². The van der Waals surface area contributed by atoms with Crippen molar-refractivity contribution in [2.75, 3.05) is 0 Å². The highest BCUT2D eigenvalue weighted by molar-refractivity contribution is 5.22. The van der Waals surface area contributed by atoms with Crippen LogP contribution in [0.1, 0.15) is 65.2 Å². The first-order chi connectivity index (χ1) is 10.1. The molecular weight excluding hydrogens is 264 g/mol. The van der Waals surface area contributed by atoms with E-state index in [4.69, 9.17) is 9.47 Å². The summed E-state index contributed by atoms with van der Waals surface area (Å²) in [6.45, 7) is 3.92. The van der Waals surface area contributed by atoms with Gasteiger partial charge >= 0.3 is 0 Å². The van der Waals surface area contributed by atoms with Crippen molar-refractivity contribution in [2.45, 2.75) is 76.8 Å². The normalized spacial score (nSPS) is 28.1. The van der Waals surface area contributed by atoms with Gasteiger partial charge in [0.05, 0.1) is 6.42 Å². The molecule has 1 aromatic carbocycles. The Hall–Kier alpha value is -1.06. The van der Waals surface area contributed by atoms with E-state index in [0.717, 1.165) is 18.6 Å². The van der Waals surface area contributed by atoms with E-state index >= 15 is 0 Å². The number of hydrogen-bond acceptors (Lipinski definition) is 3. The quantitative estimate of drug-likeness (QED) is 0.674. The van der Waals surface area contributed by atoms with Gasteiger partial charge in [0.15, 0.2) is 5.79 Å². The third-order valence-corrected chi connectivity index (χ3v) is 3.96. The molecule has 0 bridgehead atoms. The average Bonchev–Trinajstić information content (AvgIpc) is 2.41. The van der Waals surface area contributed by atoms with Crippen LogP contribution in [-0.4, -0.2) is 16.7 Å². The summed E-state index contributed by atoms with van der Waals surface area (Å²) in [4.78, 5) is 0. The van der Waals surface area contributed by atoms with Gasteiger partial charge in [0.2, 0.25) is 5.79 Å². The second-order valence-electron chi connectivity index (χ2n) is 6.30. The van der Waals surface area contributed by atoms with Crippen LogP contribution in [0.2, 0.25) is 0 Å². The summed E-state index contributed by atoms with van der Waals surface area (Å²) in [5.41, 5.74) is 0. The number of para-hydroxylation sites is 1. The molecule has 0 aromatic heterocycles. The van der Waals surface area contributed by atoms with Crippen LogP contribution < -0.4 is 4.74 Å². The van der Waals surface area contributed by atoms with Crippen LogP contribution in [0.5, 0.6) is 5.75 Å². The molecule has 0 radical (unpaired) electrons. The van der Waals surface area contributed by atoms with Crippen LogP contribution in [0.3, 0.4) is 0 Å². The molecule has 2 unspecified atom stereocenters. The molecule has 1 aromatic rings. The second kappa shape index (κ2) is 7.28. The van der Waals surface area contributed by atoms with Crippen LogP contribution in [0.15, 0.2) is 30.3 Å². The fourth-order valence-electron chi connectivity index (χ4n) is 3.02. The molecule has 0 aliphatic carbocycles. The minimum absolute atomic E-state index is 0.532. The van der Waals surface area contributed by atoms with Gasteiger partial charge in [-0.2, -0.15) is 0 Å². The maximum atomic E-state index is 9.90. The lowest BCUT2D eigenvalue weighted by Crippen LogP contribution is -2.61. The fourth-order valence-corrected chi connectivity index (χ4v) is 3.02. The van der Waals surface area contributed by atoms with Crippen molar-refractivity contribution >= 4 is 0 Å². The third-order valence-electron chi connectivity index (χ3n) is 3.96. The zero-order valence-electron chi connectivity index (χ0n) is 13.3. The number of ether oxygens (including phenoxy) is 2. The van der Waals surface area contributed by atoms with Gasteiger partial charge in [-0.1, -0.05) is 57.2 Å². The molecule has 0 saturated carbocycles. The Bertz CT molecular complexity index is 406. The van der Waals surface area contributed by atoms with Crippen LogP contribution in [-0.2, 0) is 4.74 Å². The van der Waals surface area contributed by atoms with Gasteiger partial charge < -0.3 is 14.6 Å². The van der Waals surface area contributed by atoms with Crippen molar-refractivity contribution in [3.63, 3.8) is 0 Å². The van der Waals surface area contributed by atoms with Crippen molar-refractivity contribution in [3.05, 3.63) is 30.3 Å². The highest BCUT2D eigenvalue weighted by Gasteiger charge is 2.54. The monoisotopic (exact) mass is 292 g/mol. The summed E-state index contributed by atoms with van der Waals surface area (Å²) in [5, 5.41) is 9.90. The maximum absolute atomic E-state index is 9.90. The summed E-state index contributed by atoms with van der Waals surface area (Å²) >= 11 is 0. The van der Waals surface area contributed by atoms with E-state index in [2.05, 4.69) is 6.92 Å². The van der Waals surface area contributed by atoms with Crippen LogP contribution >= 0.6 is 0 Å². The molecule has 2 atom stereocenters. The lowest BCUT2D eigenvalue weighted by Gasteiger charge is -2.50. The SMILES string of the molecule is CCCCCCCCC1(Oc2ccccc2)CC(C)(O)O1. The Morgan fingerprint density at radius 1 is 1.10 bits per heavy atom. The number of hydrogen-bond donors (Lipinski definition) is 1. The lowest BCUT2D eigenvalue weighted by molar-refractivity contribution is -0.420. The van der Waals surface area contributed by atoms with Gasteiger partial charge in [0.1, 0.15) is 5.75 Å². The number of unbranched alkanes of at least 4 members (excludes halogenated alkanes) is 5. The van der Waals surface area contributed by atoms with Crippen LogP contribution in [0.25, 0.3) is 0 Å². The van der Waals surface area contributed by atoms with E-state index in [9.17, 15) is 5.11 Å². The predicted molar refractivity (Wildman–Crippen MR) is 84.1 cm³/mol. The Kier molecular flexibility index (Phi) is 5.65. The van der Waals surface area contributed by atoms with Gasteiger partial charge in [-0.15, -0.1) is 0 Å². The molecule has 3 nitrogen and oxygen atoms in total. The highest BCUT2D eigenvalue weighted by Crippen LogP contribution is 2.44. The number of aliphatic hydroxyl groups is 1. The summed E-state index contributed by atoms with van der Waals surface area (Å²) in [6.07, 6.45) is 8.81. The molecule has 1 aliphatic rings. The molecule has 1 heterocycles. The molecule has 118 valence electrons. The minimum atomic E-state index is -1.04. The molecule has 2 rings (SSSR count). The molecule has 21 heavy (non-hydrogen) atoms. The van der Waals surface area contributed by atoms with E-state index < -0.39 is 11.6 Å². The highest BCUT2D eigenvalue weighted by atomic mass is 16.8. The van der Waals surface area contributed by atoms with Crippen molar-refractivity contribution < 1.29 is 14.6 Å². The van der Waals surface area contributed by atoms with Gasteiger partial charge in [-0.3, -0.25) is 0 Å². The lowest BCUT2D eigenvalue weighted by atomic mass is 9.92. The van der Waals surface area contributed by atoms with E-state index in [-0.39, 0.29) is 0 Å². The zero-order chi connectivity index (χ0) is 15.2. The minimum Gasteiger partial charge on any atom is -0.462 e. The average molecular weight is 292 g/mol. The maximum Gasteiger partial charge on any atom is 0.218 e. The Morgan fingerprint density at radius 2 is 1.71 bits per heavy atom. The molecule has 3 heteroatoms. The fraction of sp³-hybridized carbons (Fsp3) is 0.667. The van der Waals surface area contributed by atoms with E-state index in [1.54, 1.807) is 6.92 Å². The molecular formula is C18H28O3. The van der Waals surface area contributed by atoms with E-state index in [1.807, 2.05) is 30.3 Å². The molecule has 0 spiro atoms. The molecule has 1 saturated heterocycles. The summed E-state index contributed by atoms with van der Waals surface area (Å²) in [5.74, 6) is -0.883. The van der Waals surface area contributed by atoms with Crippen molar-refractivity contribution in [3.8, 4) is 5.75 Å². The second-order valence-corrected chi connectivity index (χ2v) is 6.30. The van der Waals surface area contributed by atoms with Gasteiger partial charge in [0.25, 0.3) is 0 Å². The summed E-state index contributed by atoms with van der Waals surface area (Å²) in [6, 6.07) is 9.72. The Labute approximate surface area is 128 Å². The van der Waals surface area contributed by atoms with Gasteiger partial charge in [-0.05, 0) is 25.5 Å². The first-order valence-corrected chi connectivity index (χ1v) is 8.22. The molecule has 1 N–H and O–H groups in total. The third kappa shape index (κ3) is 5.01. The zero-order valence-corrected chi connectivity index (χ0v) is 13.3. The van der Waals surface area contributed by atoms with Crippen LogP contribution in [0, 0.1) is 0 Å². The smallest absolute Gasteiger partial charge is 0.218 e. The largest absolute Gasteiger partial charge is 0.462 e. The molecule has 0 amide bonds. The van der Waals surface area contributed by atoms with Gasteiger partial charge in [-0.25, -0.2) is 0 Å². The summed E-state index contributed by atoms with van der Waals surface area (Å²) < 4.78 is 11.7. The van der Waals surface area contributed by atoms with E-state index in [1.165, 1.54) is 32.1 Å². The van der Waals surface area contributed by atoms with Gasteiger partial charge in [0, 0.05) is 6.42 Å². The number of rotatable bonds is 9. The van der Waals surface area contributed by atoms with Crippen molar-refractivity contribution in [2.24, 2.45) is 0 Å². The standard InChI is InChI=1S/C18H28O3/c1-3-4-5-6-7-11-14-18(15-17(2,19)21-18)20-16-12-9-8-10-13-16/h8-10,12-13,19H,3-7,11,14-15H2,1-2H3. The molecule has 1 fully saturated rings. The summed E-state index contributed by atoms with van der Waals surface area (Å²) in [7, 11) is 0. The van der Waals surface area contributed by atoms with Crippen molar-refractivity contribution in [1.29, 1.82) is 0 Å². The van der Waals surface area contributed by atoms with Crippen molar-refractivity contribution in [1.82, 2.24) is 0 Å². The first-order valence-electron chi connectivity index (χ1n) is 8.22. The topological polar surface area (TPSA) is 38.7 Å². The Balaban J connectivity index is 1.81. The predicted octanol–water partition coefficient (Wildman–Crippen LogP) is 4.64.